The fourth-order valence-electron chi connectivity index (χ4n) is 1.54. The number of nitrogen functional groups attached to an aromatic ring is 1. The van der Waals surface area contributed by atoms with Crippen molar-refractivity contribution in [2.24, 2.45) is 0 Å². The van der Waals surface area contributed by atoms with E-state index in [1.165, 1.54) is 24.6 Å². The van der Waals surface area contributed by atoms with Crippen molar-refractivity contribution in [3.05, 3.63) is 0 Å². The largest absolute Gasteiger partial charge is 0.368 e. The van der Waals surface area contributed by atoms with Gasteiger partial charge in [0, 0.05) is 6.04 Å². The van der Waals surface area contributed by atoms with Gasteiger partial charge >= 0.3 is 0 Å². The minimum absolute atomic E-state index is 0.00682. The number of nitrogens with zero attached hydrogens (tertiary/aromatic N) is 2. The number of hydrogen-bond donors (Lipinski definition) is 3. The molecule has 18 heavy (non-hydrogen) atoms. The van der Waals surface area contributed by atoms with Crippen LogP contribution in [0.2, 0.25) is 0 Å². The van der Waals surface area contributed by atoms with Crippen molar-refractivity contribution in [1.29, 1.82) is 0 Å². The number of unbranched alkanes of at least 4 members (excludes halogenated alkanes) is 2. The number of anilines is 1. The first kappa shape index (κ1) is 14.8. The molecule has 1 amide bonds. The van der Waals surface area contributed by atoms with Gasteiger partial charge in [0.1, 0.15) is 0 Å². The van der Waals surface area contributed by atoms with Crippen LogP contribution in [0, 0.1) is 0 Å². The van der Waals surface area contributed by atoms with Crippen LogP contribution in [-0.4, -0.2) is 32.9 Å². The van der Waals surface area contributed by atoms with E-state index in [1.54, 1.807) is 0 Å². The van der Waals surface area contributed by atoms with Gasteiger partial charge in [0.25, 0.3) is 0 Å². The minimum Gasteiger partial charge on any atom is -0.368 e. The third kappa shape index (κ3) is 5.90. The van der Waals surface area contributed by atoms with Gasteiger partial charge in [-0.25, -0.2) is 5.10 Å². The van der Waals surface area contributed by atoms with E-state index in [0.29, 0.717) is 10.9 Å². The lowest BCUT2D eigenvalue weighted by Crippen LogP contribution is -2.33. The fraction of sp³-hybridized carbons (Fsp3) is 0.727. The zero-order chi connectivity index (χ0) is 13.4. The van der Waals surface area contributed by atoms with Crippen molar-refractivity contribution in [3.8, 4) is 0 Å². The zero-order valence-electron chi connectivity index (χ0n) is 10.9. The molecule has 0 radical (unpaired) electrons. The molecule has 6 nitrogen and oxygen atoms in total. The van der Waals surface area contributed by atoms with Crippen LogP contribution in [0.25, 0.3) is 0 Å². The number of carbonyl (C=O) groups excluding carboxylic acids is 1. The van der Waals surface area contributed by atoms with Crippen LogP contribution in [0.15, 0.2) is 5.16 Å². The molecule has 0 unspecified atom stereocenters. The molecule has 1 rings (SSSR count). The van der Waals surface area contributed by atoms with E-state index in [0.717, 1.165) is 12.8 Å². The second-order valence-electron chi connectivity index (χ2n) is 4.26. The lowest BCUT2D eigenvalue weighted by Gasteiger charge is -2.12. The van der Waals surface area contributed by atoms with Crippen molar-refractivity contribution >= 4 is 23.6 Å². The standard InChI is InChI=1S/C11H21N5OS/c1-3-4-5-6-8(2)13-9(17)7-18-11-14-10(12)15-16-11/h8H,3-7H2,1-2H3,(H,13,17)(H3,12,14,15,16)/t8-/m0/s1. The Morgan fingerprint density at radius 2 is 2.33 bits per heavy atom. The van der Waals surface area contributed by atoms with Gasteiger partial charge in [-0.15, -0.1) is 5.10 Å². The maximum atomic E-state index is 11.6. The Morgan fingerprint density at radius 1 is 1.56 bits per heavy atom. The normalized spacial score (nSPS) is 12.3. The topological polar surface area (TPSA) is 96.7 Å². The van der Waals surface area contributed by atoms with Crippen LogP contribution < -0.4 is 11.1 Å². The second-order valence-corrected chi connectivity index (χ2v) is 5.20. The van der Waals surface area contributed by atoms with E-state index in [4.69, 9.17) is 5.73 Å². The number of aromatic amines is 1. The van der Waals surface area contributed by atoms with Crippen LogP contribution in [0.5, 0.6) is 0 Å². The Hall–Kier alpha value is -1.24. The predicted molar refractivity (Wildman–Crippen MR) is 73.3 cm³/mol. The Morgan fingerprint density at radius 3 is 2.94 bits per heavy atom. The Balaban J connectivity index is 2.16. The fourth-order valence-corrected chi connectivity index (χ4v) is 2.16. The Bertz CT molecular complexity index is 368. The monoisotopic (exact) mass is 271 g/mol. The average molecular weight is 271 g/mol. The van der Waals surface area contributed by atoms with Gasteiger partial charge in [0.05, 0.1) is 5.75 Å². The van der Waals surface area contributed by atoms with Crippen molar-refractivity contribution in [3.63, 3.8) is 0 Å². The SMILES string of the molecule is CCCCC[C@H](C)NC(=O)CSc1n[nH]c(N)n1. The summed E-state index contributed by atoms with van der Waals surface area (Å²) in [7, 11) is 0. The van der Waals surface area contributed by atoms with Crippen molar-refractivity contribution in [2.75, 3.05) is 11.5 Å². The van der Waals surface area contributed by atoms with Crippen LogP contribution >= 0.6 is 11.8 Å². The van der Waals surface area contributed by atoms with Gasteiger partial charge < -0.3 is 11.1 Å². The lowest BCUT2D eigenvalue weighted by molar-refractivity contribution is -0.119. The summed E-state index contributed by atoms with van der Waals surface area (Å²) in [5, 5.41) is 9.84. The summed E-state index contributed by atoms with van der Waals surface area (Å²) in [4.78, 5) is 15.6. The predicted octanol–water partition coefficient (Wildman–Crippen LogP) is 1.56. The first-order valence-electron chi connectivity index (χ1n) is 6.21. The zero-order valence-corrected chi connectivity index (χ0v) is 11.7. The summed E-state index contributed by atoms with van der Waals surface area (Å²) in [5.74, 6) is 0.591. The molecule has 7 heteroatoms. The highest BCUT2D eigenvalue weighted by Gasteiger charge is 2.09. The number of hydrogen-bond acceptors (Lipinski definition) is 5. The van der Waals surface area contributed by atoms with Crippen LogP contribution in [0.3, 0.4) is 0 Å². The molecule has 1 heterocycles. The highest BCUT2D eigenvalue weighted by molar-refractivity contribution is 7.99. The second kappa shape index (κ2) is 7.97. The molecule has 0 aromatic carbocycles. The molecule has 1 atom stereocenters. The van der Waals surface area contributed by atoms with E-state index in [2.05, 4.69) is 27.4 Å². The number of nitrogens with two attached hydrogens (primary N) is 1. The molecule has 0 bridgehead atoms. The molecular weight excluding hydrogens is 250 g/mol. The highest BCUT2D eigenvalue weighted by atomic mass is 32.2. The molecule has 1 aromatic heterocycles. The van der Waals surface area contributed by atoms with Crippen molar-refractivity contribution in [2.45, 2.75) is 50.7 Å². The quantitative estimate of drug-likeness (QED) is 0.492. The maximum Gasteiger partial charge on any atom is 0.230 e. The molecule has 0 saturated carbocycles. The molecule has 0 aliphatic rings. The lowest BCUT2D eigenvalue weighted by atomic mass is 10.1. The number of amides is 1. The molecule has 102 valence electrons. The Kier molecular flexibility index (Phi) is 6.56. The summed E-state index contributed by atoms with van der Waals surface area (Å²) in [6.45, 7) is 4.20. The van der Waals surface area contributed by atoms with Gasteiger partial charge in [-0.2, -0.15) is 4.98 Å². The Labute approximate surface area is 112 Å². The van der Waals surface area contributed by atoms with Crippen LogP contribution in [0.4, 0.5) is 5.95 Å². The number of H-pyrrole nitrogens is 1. The smallest absolute Gasteiger partial charge is 0.230 e. The van der Waals surface area contributed by atoms with E-state index in [1.807, 2.05) is 6.92 Å². The van der Waals surface area contributed by atoms with Gasteiger partial charge in [-0.1, -0.05) is 37.9 Å². The number of nitrogens with one attached hydrogen (secondary N) is 2. The van der Waals surface area contributed by atoms with E-state index >= 15 is 0 Å². The third-order valence-electron chi connectivity index (χ3n) is 2.46. The summed E-state index contributed by atoms with van der Waals surface area (Å²) in [6, 6.07) is 0.224. The number of aromatic nitrogens is 3. The molecule has 1 aromatic rings. The summed E-state index contributed by atoms with van der Waals surface area (Å²) in [5.41, 5.74) is 5.39. The summed E-state index contributed by atoms with van der Waals surface area (Å²) < 4.78 is 0. The molecule has 0 fully saturated rings. The van der Waals surface area contributed by atoms with Crippen molar-refractivity contribution in [1.82, 2.24) is 20.5 Å². The minimum atomic E-state index is 0.00682. The first-order chi connectivity index (χ1) is 8.61. The highest BCUT2D eigenvalue weighted by Crippen LogP contribution is 2.12. The van der Waals surface area contributed by atoms with Crippen molar-refractivity contribution < 1.29 is 4.79 Å². The molecule has 0 aliphatic heterocycles. The number of rotatable bonds is 8. The molecule has 0 aliphatic carbocycles. The third-order valence-corrected chi connectivity index (χ3v) is 3.31. The van der Waals surface area contributed by atoms with E-state index in [9.17, 15) is 4.79 Å². The molecule has 0 saturated heterocycles. The summed E-state index contributed by atoms with van der Waals surface area (Å²) in [6.07, 6.45) is 4.59. The average Bonchev–Trinajstić information content (AvgIpc) is 2.73. The molecule has 4 N–H and O–H groups in total. The van der Waals surface area contributed by atoms with Gasteiger partial charge in [-0.05, 0) is 13.3 Å². The van der Waals surface area contributed by atoms with Crippen LogP contribution in [0.1, 0.15) is 39.5 Å². The maximum absolute atomic E-state index is 11.6. The van der Waals surface area contributed by atoms with Gasteiger partial charge in [0.15, 0.2) is 0 Å². The first-order valence-corrected chi connectivity index (χ1v) is 7.20. The van der Waals surface area contributed by atoms with E-state index < -0.39 is 0 Å². The number of carbonyl (C=O) groups is 1. The van der Waals surface area contributed by atoms with E-state index in [-0.39, 0.29) is 17.9 Å². The molecule has 0 spiro atoms. The van der Waals surface area contributed by atoms with Gasteiger partial charge in [-0.3, -0.25) is 4.79 Å². The van der Waals surface area contributed by atoms with Gasteiger partial charge in [0.2, 0.25) is 17.0 Å². The number of thioether (sulfide) groups is 1. The summed E-state index contributed by atoms with van der Waals surface area (Å²) >= 11 is 1.27. The van der Waals surface area contributed by atoms with Crippen LogP contribution in [-0.2, 0) is 4.79 Å². The molecular formula is C11H21N5OS.